The van der Waals surface area contributed by atoms with E-state index in [4.69, 9.17) is 4.42 Å². The lowest BCUT2D eigenvalue weighted by Crippen LogP contribution is -1.82. The summed E-state index contributed by atoms with van der Waals surface area (Å²) in [7, 11) is 0. The van der Waals surface area contributed by atoms with Crippen molar-refractivity contribution in [2.24, 2.45) is 0 Å². The molecule has 1 heterocycles. The van der Waals surface area contributed by atoms with Crippen LogP contribution in [0.1, 0.15) is 11.3 Å². The summed E-state index contributed by atoms with van der Waals surface area (Å²) in [4.78, 5) is 5.60. The average Bonchev–Trinajstić information content (AvgIpc) is 2.96. The fraction of sp³-hybridized carbons (Fsp3) is 0.118. The van der Waals surface area contributed by atoms with Gasteiger partial charge < -0.3 is 9.52 Å². The van der Waals surface area contributed by atoms with Gasteiger partial charge in [0.1, 0.15) is 12.0 Å². The number of rotatable bonds is 4. The second-order valence-electron chi connectivity index (χ2n) is 4.79. The van der Waals surface area contributed by atoms with E-state index in [1.54, 1.807) is 30.2 Å². The van der Waals surface area contributed by atoms with E-state index in [1.165, 1.54) is 5.56 Å². The van der Waals surface area contributed by atoms with Crippen molar-refractivity contribution < 1.29 is 9.52 Å². The second kappa shape index (κ2) is 6.06. The van der Waals surface area contributed by atoms with Crippen molar-refractivity contribution in [3.8, 4) is 17.2 Å². The number of benzene rings is 2. The molecule has 0 aliphatic rings. The van der Waals surface area contributed by atoms with Gasteiger partial charge >= 0.3 is 0 Å². The number of phenols is 1. The molecule has 3 rings (SSSR count). The molecule has 3 aromatic rings. The van der Waals surface area contributed by atoms with Crippen LogP contribution >= 0.6 is 11.8 Å². The van der Waals surface area contributed by atoms with E-state index in [-0.39, 0.29) is 5.75 Å². The topological polar surface area (TPSA) is 46.3 Å². The van der Waals surface area contributed by atoms with Gasteiger partial charge in [0.25, 0.3) is 0 Å². The second-order valence-corrected chi connectivity index (χ2v) is 5.84. The summed E-state index contributed by atoms with van der Waals surface area (Å²) in [5.41, 5.74) is 3.11. The first kappa shape index (κ1) is 13.8. The monoisotopic (exact) mass is 297 g/mol. The van der Waals surface area contributed by atoms with E-state index in [0.29, 0.717) is 5.89 Å². The molecule has 0 fully saturated rings. The van der Waals surface area contributed by atoms with Gasteiger partial charge in [0.15, 0.2) is 0 Å². The van der Waals surface area contributed by atoms with Crippen molar-refractivity contribution >= 4 is 11.8 Å². The van der Waals surface area contributed by atoms with Gasteiger partial charge in [0.05, 0.1) is 5.69 Å². The zero-order valence-corrected chi connectivity index (χ0v) is 12.4. The lowest BCUT2D eigenvalue weighted by molar-refractivity contribution is 0.475. The van der Waals surface area contributed by atoms with Crippen LogP contribution in [0.3, 0.4) is 0 Å². The van der Waals surface area contributed by atoms with Gasteiger partial charge in [-0.15, -0.1) is 11.8 Å². The molecule has 3 nitrogen and oxygen atoms in total. The summed E-state index contributed by atoms with van der Waals surface area (Å²) in [6, 6.07) is 15.3. The molecule has 0 unspecified atom stereocenters. The minimum atomic E-state index is 0.280. The summed E-state index contributed by atoms with van der Waals surface area (Å²) < 4.78 is 5.53. The fourth-order valence-electron chi connectivity index (χ4n) is 1.90. The normalized spacial score (nSPS) is 10.7. The number of hydrogen-bond acceptors (Lipinski definition) is 4. The van der Waals surface area contributed by atoms with E-state index < -0.39 is 0 Å². The summed E-state index contributed by atoms with van der Waals surface area (Å²) in [5, 5.41) is 9.25. The summed E-state index contributed by atoms with van der Waals surface area (Å²) >= 11 is 1.66. The van der Waals surface area contributed by atoms with Crippen LogP contribution < -0.4 is 0 Å². The number of thioether (sulfide) groups is 1. The number of nitrogens with zero attached hydrogens (tertiary/aromatic N) is 1. The molecular formula is C17H15NO2S. The highest BCUT2D eigenvalue weighted by Crippen LogP contribution is 2.26. The summed E-state index contributed by atoms with van der Waals surface area (Å²) in [5.74, 6) is 1.67. The van der Waals surface area contributed by atoms with Crippen LogP contribution in [0.4, 0.5) is 0 Å². The molecule has 4 heteroatoms. The van der Waals surface area contributed by atoms with E-state index >= 15 is 0 Å². The highest BCUT2D eigenvalue weighted by Gasteiger charge is 2.07. The number of oxazole rings is 1. The van der Waals surface area contributed by atoms with Crippen LogP contribution in [-0.4, -0.2) is 10.1 Å². The van der Waals surface area contributed by atoms with Crippen LogP contribution in [0.5, 0.6) is 5.75 Å². The smallest absolute Gasteiger partial charge is 0.226 e. The molecule has 0 spiro atoms. The number of phenolic OH excluding ortho intramolecular Hbond substituents is 1. The van der Waals surface area contributed by atoms with Crippen LogP contribution in [0, 0.1) is 6.92 Å². The lowest BCUT2D eigenvalue weighted by Gasteiger charge is -1.99. The van der Waals surface area contributed by atoms with Gasteiger partial charge in [0, 0.05) is 16.2 Å². The number of aromatic hydroxyl groups is 1. The maximum Gasteiger partial charge on any atom is 0.226 e. The molecule has 1 aromatic heterocycles. The SMILES string of the molecule is Cc1ccc(-c2nc(CSc3ccc(O)cc3)co2)cc1. The van der Waals surface area contributed by atoms with E-state index in [0.717, 1.165) is 21.9 Å². The minimum absolute atomic E-state index is 0.280. The van der Waals surface area contributed by atoms with Crippen LogP contribution in [-0.2, 0) is 5.75 Å². The third kappa shape index (κ3) is 3.47. The van der Waals surface area contributed by atoms with E-state index in [2.05, 4.69) is 11.9 Å². The van der Waals surface area contributed by atoms with Crippen molar-refractivity contribution in [2.45, 2.75) is 17.6 Å². The Morgan fingerprint density at radius 2 is 1.76 bits per heavy atom. The van der Waals surface area contributed by atoms with Crippen molar-refractivity contribution in [3.63, 3.8) is 0 Å². The Balaban J connectivity index is 1.67. The molecule has 0 atom stereocenters. The molecule has 106 valence electrons. The van der Waals surface area contributed by atoms with Crippen molar-refractivity contribution in [2.75, 3.05) is 0 Å². The third-order valence-electron chi connectivity index (χ3n) is 3.07. The largest absolute Gasteiger partial charge is 0.508 e. The standard InChI is InChI=1S/C17H15NO2S/c1-12-2-4-13(5-3-12)17-18-14(10-20-17)11-21-16-8-6-15(19)7-9-16/h2-10,19H,11H2,1H3. The molecule has 0 radical (unpaired) electrons. The zero-order chi connectivity index (χ0) is 14.7. The van der Waals surface area contributed by atoms with Gasteiger partial charge in [-0.3, -0.25) is 0 Å². The average molecular weight is 297 g/mol. The first-order valence-electron chi connectivity index (χ1n) is 6.64. The Bertz CT molecular complexity index is 717. The number of hydrogen-bond donors (Lipinski definition) is 1. The van der Waals surface area contributed by atoms with Crippen molar-refractivity contribution in [3.05, 3.63) is 66.1 Å². The van der Waals surface area contributed by atoms with Gasteiger partial charge in [-0.1, -0.05) is 17.7 Å². The number of aryl methyl sites for hydroxylation is 1. The van der Waals surface area contributed by atoms with Gasteiger partial charge in [-0.2, -0.15) is 0 Å². The van der Waals surface area contributed by atoms with Crippen molar-refractivity contribution in [1.82, 2.24) is 4.98 Å². The van der Waals surface area contributed by atoms with Crippen LogP contribution in [0.25, 0.3) is 11.5 Å². The summed E-state index contributed by atoms with van der Waals surface area (Å²) in [6.45, 7) is 2.05. The quantitative estimate of drug-likeness (QED) is 0.712. The predicted octanol–water partition coefficient (Wildman–Crippen LogP) is 4.65. The molecule has 21 heavy (non-hydrogen) atoms. The molecule has 1 N–H and O–H groups in total. The fourth-order valence-corrected chi connectivity index (χ4v) is 2.68. The molecular weight excluding hydrogens is 282 g/mol. The molecule has 0 aliphatic heterocycles. The zero-order valence-electron chi connectivity index (χ0n) is 11.6. The predicted molar refractivity (Wildman–Crippen MR) is 84.3 cm³/mol. The first-order valence-corrected chi connectivity index (χ1v) is 7.62. The summed E-state index contributed by atoms with van der Waals surface area (Å²) in [6.07, 6.45) is 1.70. The first-order chi connectivity index (χ1) is 10.2. The molecule has 0 bridgehead atoms. The van der Waals surface area contributed by atoms with Gasteiger partial charge in [-0.05, 0) is 43.3 Å². The molecule has 2 aromatic carbocycles. The van der Waals surface area contributed by atoms with Crippen LogP contribution in [0.2, 0.25) is 0 Å². The lowest BCUT2D eigenvalue weighted by atomic mass is 10.1. The van der Waals surface area contributed by atoms with Gasteiger partial charge in [-0.25, -0.2) is 4.98 Å². The van der Waals surface area contributed by atoms with Crippen molar-refractivity contribution in [1.29, 1.82) is 0 Å². The third-order valence-corrected chi connectivity index (χ3v) is 4.12. The van der Waals surface area contributed by atoms with Gasteiger partial charge in [0.2, 0.25) is 5.89 Å². The van der Waals surface area contributed by atoms with Crippen LogP contribution in [0.15, 0.2) is 64.1 Å². The Labute approximate surface area is 127 Å². The molecule has 0 saturated carbocycles. The van der Waals surface area contributed by atoms with E-state index in [1.807, 2.05) is 36.4 Å². The Kier molecular flexibility index (Phi) is 3.97. The molecule has 0 saturated heterocycles. The maximum absolute atomic E-state index is 9.25. The maximum atomic E-state index is 9.25. The molecule has 0 amide bonds. The Hall–Kier alpha value is -2.20. The highest BCUT2D eigenvalue weighted by atomic mass is 32.2. The highest BCUT2D eigenvalue weighted by molar-refractivity contribution is 7.98. The Morgan fingerprint density at radius 1 is 1.05 bits per heavy atom. The molecule has 0 aliphatic carbocycles. The minimum Gasteiger partial charge on any atom is -0.508 e. The number of aromatic nitrogens is 1. The van der Waals surface area contributed by atoms with E-state index in [9.17, 15) is 5.11 Å². The Morgan fingerprint density at radius 3 is 2.48 bits per heavy atom.